The van der Waals surface area contributed by atoms with Crippen molar-refractivity contribution >= 4 is 23.2 Å². The zero-order valence-electron chi connectivity index (χ0n) is 15.8. The minimum atomic E-state index is -0.483. The summed E-state index contributed by atoms with van der Waals surface area (Å²) in [5, 5.41) is 3.40. The number of morpholine rings is 1. The number of anilines is 2. The Morgan fingerprint density at radius 3 is 2.50 bits per heavy atom. The van der Waals surface area contributed by atoms with Gasteiger partial charge in [0.15, 0.2) is 0 Å². The van der Waals surface area contributed by atoms with Crippen molar-refractivity contribution in [3.05, 3.63) is 60.2 Å². The van der Waals surface area contributed by atoms with Gasteiger partial charge in [0, 0.05) is 37.4 Å². The molecule has 2 fully saturated rings. The first kappa shape index (κ1) is 18.5. The van der Waals surface area contributed by atoms with E-state index in [0.717, 1.165) is 29.9 Å². The highest BCUT2D eigenvalue weighted by atomic mass is 16.5. The quantitative estimate of drug-likeness (QED) is 0.868. The van der Waals surface area contributed by atoms with E-state index in [9.17, 15) is 9.59 Å². The fourth-order valence-electron chi connectivity index (χ4n) is 3.75. The van der Waals surface area contributed by atoms with E-state index in [1.54, 1.807) is 0 Å². The molecule has 2 aliphatic rings. The van der Waals surface area contributed by atoms with E-state index >= 15 is 0 Å². The van der Waals surface area contributed by atoms with E-state index in [2.05, 4.69) is 5.32 Å². The van der Waals surface area contributed by atoms with Crippen LogP contribution in [0.2, 0.25) is 0 Å². The number of nitrogens with zero attached hydrogens (tertiary/aromatic N) is 2. The lowest BCUT2D eigenvalue weighted by atomic mass is 10.0. The maximum absolute atomic E-state index is 13.2. The molecular formula is C22H25N3O3. The Hall–Kier alpha value is -2.86. The molecule has 0 radical (unpaired) electrons. The smallest absolute Gasteiger partial charge is 0.249 e. The van der Waals surface area contributed by atoms with Gasteiger partial charge in [-0.1, -0.05) is 36.4 Å². The number of benzene rings is 2. The third kappa shape index (κ3) is 4.02. The van der Waals surface area contributed by atoms with Crippen LogP contribution in [-0.2, 0) is 14.3 Å². The molecule has 2 aromatic rings. The molecule has 2 aliphatic heterocycles. The monoisotopic (exact) mass is 379 g/mol. The molecule has 28 heavy (non-hydrogen) atoms. The molecule has 2 amide bonds. The van der Waals surface area contributed by atoms with Gasteiger partial charge in [-0.2, -0.15) is 0 Å². The molecule has 2 aromatic carbocycles. The SMILES string of the molecule is O=C([C@H](Nc1cccc(N2CCCC2=O)c1)c1ccccc1)N1CCOCC1. The van der Waals surface area contributed by atoms with Crippen LogP contribution in [0.4, 0.5) is 11.4 Å². The van der Waals surface area contributed by atoms with Gasteiger partial charge in [0.05, 0.1) is 13.2 Å². The number of rotatable bonds is 5. The summed E-state index contributed by atoms with van der Waals surface area (Å²) in [6.45, 7) is 3.09. The van der Waals surface area contributed by atoms with Crippen molar-refractivity contribution in [1.29, 1.82) is 0 Å². The molecule has 6 nitrogen and oxygen atoms in total. The molecule has 0 aromatic heterocycles. The number of amides is 2. The van der Waals surface area contributed by atoms with E-state index in [0.29, 0.717) is 32.7 Å². The fraction of sp³-hybridized carbons (Fsp3) is 0.364. The number of ether oxygens (including phenoxy) is 1. The Kier molecular flexibility index (Phi) is 5.58. The second kappa shape index (κ2) is 8.44. The van der Waals surface area contributed by atoms with Crippen molar-refractivity contribution in [2.45, 2.75) is 18.9 Å². The van der Waals surface area contributed by atoms with Gasteiger partial charge in [0.1, 0.15) is 6.04 Å². The van der Waals surface area contributed by atoms with Crippen LogP contribution in [0.1, 0.15) is 24.4 Å². The molecule has 0 unspecified atom stereocenters. The van der Waals surface area contributed by atoms with Crippen molar-refractivity contribution in [2.24, 2.45) is 0 Å². The summed E-state index contributed by atoms with van der Waals surface area (Å²) in [6, 6.07) is 17.0. The standard InChI is InChI=1S/C22H25N3O3/c26-20-10-5-11-25(20)19-9-4-8-18(16-19)23-21(17-6-2-1-3-7-17)22(27)24-12-14-28-15-13-24/h1-4,6-9,16,21,23H,5,10-15H2/t21-/m1/s1. The van der Waals surface area contributed by atoms with E-state index in [4.69, 9.17) is 4.74 Å². The van der Waals surface area contributed by atoms with E-state index in [-0.39, 0.29) is 11.8 Å². The summed E-state index contributed by atoms with van der Waals surface area (Å²) < 4.78 is 5.38. The summed E-state index contributed by atoms with van der Waals surface area (Å²) in [5.74, 6) is 0.193. The Morgan fingerprint density at radius 2 is 1.79 bits per heavy atom. The van der Waals surface area contributed by atoms with Crippen molar-refractivity contribution in [2.75, 3.05) is 43.1 Å². The average Bonchev–Trinajstić information content (AvgIpc) is 3.19. The number of carbonyl (C=O) groups is 2. The molecule has 0 saturated carbocycles. The average molecular weight is 379 g/mol. The third-order valence-corrected chi connectivity index (χ3v) is 5.24. The first-order chi connectivity index (χ1) is 13.7. The first-order valence-electron chi connectivity index (χ1n) is 9.81. The normalized spacial score (nSPS) is 18.2. The second-order valence-electron chi connectivity index (χ2n) is 7.12. The van der Waals surface area contributed by atoms with E-state index in [1.807, 2.05) is 64.4 Å². The van der Waals surface area contributed by atoms with Gasteiger partial charge in [-0.3, -0.25) is 9.59 Å². The van der Waals surface area contributed by atoms with E-state index in [1.165, 1.54) is 0 Å². The van der Waals surface area contributed by atoms with Crippen molar-refractivity contribution < 1.29 is 14.3 Å². The highest BCUT2D eigenvalue weighted by Crippen LogP contribution is 2.27. The molecule has 2 heterocycles. The molecule has 0 bridgehead atoms. The van der Waals surface area contributed by atoms with Gasteiger partial charge in [-0.15, -0.1) is 0 Å². The zero-order valence-corrected chi connectivity index (χ0v) is 15.8. The number of nitrogens with one attached hydrogen (secondary N) is 1. The lowest BCUT2D eigenvalue weighted by molar-refractivity contribution is -0.136. The number of carbonyl (C=O) groups excluding carboxylic acids is 2. The predicted octanol–water partition coefficient (Wildman–Crippen LogP) is 2.83. The van der Waals surface area contributed by atoms with Crippen LogP contribution in [0.15, 0.2) is 54.6 Å². The molecule has 6 heteroatoms. The largest absolute Gasteiger partial charge is 0.378 e. The van der Waals surface area contributed by atoms with Gasteiger partial charge in [-0.05, 0) is 30.2 Å². The summed E-state index contributed by atoms with van der Waals surface area (Å²) in [4.78, 5) is 29.0. The fourth-order valence-corrected chi connectivity index (χ4v) is 3.75. The van der Waals surface area contributed by atoms with Crippen LogP contribution >= 0.6 is 0 Å². The van der Waals surface area contributed by atoms with Gasteiger partial charge >= 0.3 is 0 Å². The summed E-state index contributed by atoms with van der Waals surface area (Å²) in [5.41, 5.74) is 2.62. The molecule has 0 spiro atoms. The Labute approximate surface area is 165 Å². The Bertz CT molecular complexity index is 834. The van der Waals surface area contributed by atoms with Gasteiger partial charge in [0.25, 0.3) is 0 Å². The van der Waals surface area contributed by atoms with Gasteiger partial charge in [0.2, 0.25) is 11.8 Å². The highest BCUT2D eigenvalue weighted by Gasteiger charge is 2.28. The third-order valence-electron chi connectivity index (χ3n) is 5.24. The first-order valence-corrected chi connectivity index (χ1v) is 9.81. The zero-order chi connectivity index (χ0) is 19.3. The molecule has 1 atom stereocenters. The number of hydrogen-bond donors (Lipinski definition) is 1. The minimum Gasteiger partial charge on any atom is -0.378 e. The summed E-state index contributed by atoms with van der Waals surface area (Å²) >= 11 is 0. The summed E-state index contributed by atoms with van der Waals surface area (Å²) in [6.07, 6.45) is 1.48. The minimum absolute atomic E-state index is 0.0390. The lowest BCUT2D eigenvalue weighted by Crippen LogP contribution is -2.44. The van der Waals surface area contributed by atoms with Crippen molar-refractivity contribution in [3.63, 3.8) is 0 Å². The molecule has 0 aliphatic carbocycles. The van der Waals surface area contributed by atoms with Crippen LogP contribution < -0.4 is 10.2 Å². The molecule has 146 valence electrons. The van der Waals surface area contributed by atoms with Crippen LogP contribution in [0.3, 0.4) is 0 Å². The maximum Gasteiger partial charge on any atom is 0.249 e. The maximum atomic E-state index is 13.2. The lowest BCUT2D eigenvalue weighted by Gasteiger charge is -2.31. The van der Waals surface area contributed by atoms with Gasteiger partial charge < -0.3 is 19.9 Å². The molecule has 2 saturated heterocycles. The highest BCUT2D eigenvalue weighted by molar-refractivity contribution is 5.96. The topological polar surface area (TPSA) is 61.9 Å². The van der Waals surface area contributed by atoms with Crippen molar-refractivity contribution in [3.8, 4) is 0 Å². The van der Waals surface area contributed by atoms with E-state index < -0.39 is 6.04 Å². The van der Waals surface area contributed by atoms with Crippen LogP contribution in [-0.4, -0.2) is 49.6 Å². The molecule has 4 rings (SSSR count). The Balaban J connectivity index is 1.59. The second-order valence-corrected chi connectivity index (χ2v) is 7.12. The molecular weight excluding hydrogens is 354 g/mol. The predicted molar refractivity (Wildman–Crippen MR) is 108 cm³/mol. The van der Waals surface area contributed by atoms with Crippen LogP contribution in [0.5, 0.6) is 0 Å². The van der Waals surface area contributed by atoms with Crippen LogP contribution in [0.25, 0.3) is 0 Å². The van der Waals surface area contributed by atoms with Crippen LogP contribution in [0, 0.1) is 0 Å². The van der Waals surface area contributed by atoms with Gasteiger partial charge in [-0.25, -0.2) is 0 Å². The van der Waals surface area contributed by atoms with Crippen molar-refractivity contribution in [1.82, 2.24) is 4.90 Å². The Morgan fingerprint density at radius 1 is 1.00 bits per heavy atom. The number of hydrogen-bond acceptors (Lipinski definition) is 4. The summed E-state index contributed by atoms with van der Waals surface area (Å²) in [7, 11) is 0. The molecule has 1 N–H and O–H groups in total.